The van der Waals surface area contributed by atoms with Crippen LogP contribution in [0.3, 0.4) is 0 Å². The summed E-state index contributed by atoms with van der Waals surface area (Å²) < 4.78 is 1.32. The molecule has 0 aliphatic heterocycles. The van der Waals surface area contributed by atoms with Crippen molar-refractivity contribution in [3.8, 4) is 17.5 Å². The first-order valence-corrected chi connectivity index (χ1v) is 11.2. The summed E-state index contributed by atoms with van der Waals surface area (Å²) in [5, 5.41) is 22.1. The summed E-state index contributed by atoms with van der Waals surface area (Å²) in [7, 11) is 0. The highest BCUT2D eigenvalue weighted by molar-refractivity contribution is 7.99. The number of nitrogens with two attached hydrogens (primary N) is 1. The minimum absolute atomic E-state index is 0.102. The molecule has 2 aromatic heterocycles. The molecule has 2 heterocycles. The Hall–Kier alpha value is -2.54. The van der Waals surface area contributed by atoms with E-state index in [0.29, 0.717) is 32.1 Å². The van der Waals surface area contributed by atoms with Crippen LogP contribution >= 0.6 is 34.7 Å². The topological polar surface area (TPSA) is 110 Å². The number of nitrogens with one attached hydrogen (secondary N) is 1. The lowest BCUT2D eigenvalue weighted by Gasteiger charge is -2.09. The molecule has 29 heavy (non-hydrogen) atoms. The van der Waals surface area contributed by atoms with E-state index in [2.05, 4.69) is 21.6 Å². The molecule has 10 heteroatoms. The third kappa shape index (κ3) is 3.96. The molecular weight excluding hydrogens is 428 g/mol. The first-order valence-electron chi connectivity index (χ1n) is 9.01. The zero-order valence-electron chi connectivity index (χ0n) is 15.3. The molecule has 1 amide bonds. The van der Waals surface area contributed by atoms with Gasteiger partial charge in [0.15, 0.2) is 5.82 Å². The molecule has 4 rings (SSSR count). The minimum atomic E-state index is -0.215. The Kier molecular flexibility index (Phi) is 5.76. The van der Waals surface area contributed by atoms with E-state index in [4.69, 9.17) is 17.4 Å². The van der Waals surface area contributed by atoms with Crippen molar-refractivity contribution in [2.45, 2.75) is 30.8 Å². The molecule has 3 aromatic rings. The van der Waals surface area contributed by atoms with Crippen molar-refractivity contribution in [1.82, 2.24) is 14.9 Å². The largest absolute Gasteiger partial charge is 0.335 e. The van der Waals surface area contributed by atoms with Crippen molar-refractivity contribution < 1.29 is 4.79 Å². The highest BCUT2D eigenvalue weighted by Crippen LogP contribution is 2.37. The van der Waals surface area contributed by atoms with E-state index in [1.54, 1.807) is 12.1 Å². The lowest BCUT2D eigenvalue weighted by molar-refractivity contribution is -0.113. The second-order valence-corrected chi connectivity index (χ2v) is 8.97. The molecule has 1 aliphatic carbocycles. The number of carbonyl (C=O) groups is 1. The van der Waals surface area contributed by atoms with E-state index in [-0.39, 0.29) is 11.7 Å². The number of amides is 1. The van der Waals surface area contributed by atoms with E-state index in [9.17, 15) is 10.1 Å². The summed E-state index contributed by atoms with van der Waals surface area (Å²) in [6.07, 6.45) is 4.09. The van der Waals surface area contributed by atoms with Crippen LogP contribution in [0.25, 0.3) is 11.4 Å². The van der Waals surface area contributed by atoms with Crippen LogP contribution < -0.4 is 11.2 Å². The second-order valence-electron chi connectivity index (χ2n) is 6.52. The first-order chi connectivity index (χ1) is 14.1. The highest BCUT2D eigenvalue weighted by Gasteiger charge is 2.22. The molecule has 3 N–H and O–H groups in total. The number of halogens is 1. The summed E-state index contributed by atoms with van der Waals surface area (Å²) in [6.45, 7) is 0. The van der Waals surface area contributed by atoms with Gasteiger partial charge in [-0.2, -0.15) is 5.26 Å². The minimum Gasteiger partial charge on any atom is -0.335 e. The number of hydrogen-bond acceptors (Lipinski definition) is 7. The lowest BCUT2D eigenvalue weighted by Crippen LogP contribution is -2.16. The van der Waals surface area contributed by atoms with Gasteiger partial charge in [-0.15, -0.1) is 21.5 Å². The van der Waals surface area contributed by atoms with Gasteiger partial charge in [0, 0.05) is 10.4 Å². The summed E-state index contributed by atoms with van der Waals surface area (Å²) in [5.41, 5.74) is 2.37. The molecular formula is C19H17ClN6OS2. The van der Waals surface area contributed by atoms with Gasteiger partial charge in [0.05, 0.1) is 16.3 Å². The standard InChI is InChI=1S/C19H17ClN6OS2/c20-14-7-3-1-6-12(14)17-24-25-19(26(17)22)28-10-16(27)23-18-13(9-21)11-5-2-4-8-15(11)29-18/h1,3,6-7H,2,4-5,8,10,22H2,(H,23,27). The molecule has 7 nitrogen and oxygen atoms in total. The number of aryl methyl sites for hydroxylation is 1. The molecule has 0 spiro atoms. The maximum absolute atomic E-state index is 12.5. The molecule has 1 aliphatic rings. The molecule has 0 atom stereocenters. The van der Waals surface area contributed by atoms with Crippen LogP contribution in [0.4, 0.5) is 5.00 Å². The summed E-state index contributed by atoms with van der Waals surface area (Å²) >= 11 is 8.88. The quantitative estimate of drug-likeness (QED) is 0.456. The number of anilines is 1. The number of nitrogen functional groups attached to an aromatic ring is 1. The van der Waals surface area contributed by atoms with E-state index in [0.717, 1.165) is 31.2 Å². The summed E-state index contributed by atoms with van der Waals surface area (Å²) in [6, 6.07) is 9.46. The fraction of sp³-hybridized carbons (Fsp3) is 0.263. The van der Waals surface area contributed by atoms with Crippen molar-refractivity contribution in [2.24, 2.45) is 0 Å². The van der Waals surface area contributed by atoms with E-state index in [1.165, 1.54) is 32.7 Å². The average Bonchev–Trinajstić information content (AvgIpc) is 3.26. The Balaban J connectivity index is 1.44. The normalized spacial score (nSPS) is 13.0. The van der Waals surface area contributed by atoms with Crippen LogP contribution in [0.15, 0.2) is 29.4 Å². The predicted octanol–water partition coefficient (Wildman–Crippen LogP) is 3.86. The number of hydrogen-bond donors (Lipinski definition) is 2. The van der Waals surface area contributed by atoms with Crippen LogP contribution in [0, 0.1) is 11.3 Å². The second kappa shape index (κ2) is 8.45. The first kappa shape index (κ1) is 19.8. The number of thiophene rings is 1. The van der Waals surface area contributed by atoms with Gasteiger partial charge in [-0.3, -0.25) is 4.79 Å². The Bertz CT molecular complexity index is 1120. The van der Waals surface area contributed by atoms with E-state index < -0.39 is 0 Å². The molecule has 0 bridgehead atoms. The van der Waals surface area contributed by atoms with Gasteiger partial charge in [-0.05, 0) is 43.4 Å². The van der Waals surface area contributed by atoms with Crippen molar-refractivity contribution in [1.29, 1.82) is 5.26 Å². The van der Waals surface area contributed by atoms with Gasteiger partial charge in [-0.1, -0.05) is 35.5 Å². The van der Waals surface area contributed by atoms with E-state index >= 15 is 0 Å². The van der Waals surface area contributed by atoms with Crippen LogP contribution in [0.5, 0.6) is 0 Å². The third-order valence-corrected chi connectivity index (χ3v) is 7.13. The maximum Gasteiger partial charge on any atom is 0.235 e. The number of thioether (sulfide) groups is 1. The SMILES string of the molecule is N#Cc1c(NC(=O)CSc2nnc(-c3ccccc3Cl)n2N)sc2c1CCCC2. The summed E-state index contributed by atoms with van der Waals surface area (Å²) in [5.74, 6) is 6.41. The zero-order valence-corrected chi connectivity index (χ0v) is 17.7. The molecule has 0 fully saturated rings. The molecule has 0 radical (unpaired) electrons. The van der Waals surface area contributed by atoms with Crippen molar-refractivity contribution in [3.63, 3.8) is 0 Å². The maximum atomic E-state index is 12.5. The van der Waals surface area contributed by atoms with Gasteiger partial charge in [0.1, 0.15) is 11.1 Å². The third-order valence-electron chi connectivity index (χ3n) is 4.65. The summed E-state index contributed by atoms with van der Waals surface area (Å²) in [4.78, 5) is 13.7. The van der Waals surface area contributed by atoms with Gasteiger partial charge < -0.3 is 11.2 Å². The fourth-order valence-corrected chi connectivity index (χ4v) is 5.40. The van der Waals surface area contributed by atoms with Crippen LogP contribution in [-0.4, -0.2) is 26.5 Å². The number of carbonyl (C=O) groups excluding carboxylic acids is 1. The Labute approximate surface area is 180 Å². The molecule has 0 saturated carbocycles. The molecule has 1 aromatic carbocycles. The number of rotatable bonds is 5. The Morgan fingerprint density at radius 3 is 2.93 bits per heavy atom. The van der Waals surface area contributed by atoms with Crippen molar-refractivity contribution >= 4 is 45.6 Å². The smallest absolute Gasteiger partial charge is 0.235 e. The van der Waals surface area contributed by atoms with Crippen LogP contribution in [-0.2, 0) is 17.6 Å². The molecule has 148 valence electrons. The Morgan fingerprint density at radius 2 is 2.14 bits per heavy atom. The van der Waals surface area contributed by atoms with Gasteiger partial charge in [0.2, 0.25) is 11.1 Å². The number of benzene rings is 1. The van der Waals surface area contributed by atoms with Crippen LogP contribution in [0.2, 0.25) is 5.02 Å². The van der Waals surface area contributed by atoms with Gasteiger partial charge >= 0.3 is 0 Å². The van der Waals surface area contributed by atoms with Crippen molar-refractivity contribution in [2.75, 3.05) is 16.9 Å². The number of nitrogens with zero attached hydrogens (tertiary/aromatic N) is 4. The Morgan fingerprint density at radius 1 is 1.34 bits per heavy atom. The van der Waals surface area contributed by atoms with Crippen LogP contribution in [0.1, 0.15) is 28.8 Å². The molecule has 0 saturated heterocycles. The number of nitriles is 1. The predicted molar refractivity (Wildman–Crippen MR) is 116 cm³/mol. The number of fused-ring (bicyclic) bond motifs is 1. The fourth-order valence-electron chi connectivity index (χ4n) is 3.27. The van der Waals surface area contributed by atoms with Gasteiger partial charge in [0.25, 0.3) is 0 Å². The average molecular weight is 445 g/mol. The monoisotopic (exact) mass is 444 g/mol. The van der Waals surface area contributed by atoms with E-state index in [1.807, 2.05) is 12.1 Å². The highest BCUT2D eigenvalue weighted by atomic mass is 35.5. The molecule has 0 unspecified atom stereocenters. The zero-order chi connectivity index (χ0) is 20.4. The number of aromatic nitrogens is 3. The van der Waals surface area contributed by atoms with Gasteiger partial charge in [-0.25, -0.2) is 4.68 Å². The van der Waals surface area contributed by atoms with Crippen molar-refractivity contribution in [3.05, 3.63) is 45.3 Å². The lowest BCUT2D eigenvalue weighted by atomic mass is 9.96.